The van der Waals surface area contributed by atoms with Gasteiger partial charge in [0.1, 0.15) is 11.3 Å². The Bertz CT molecular complexity index is 906. The van der Waals surface area contributed by atoms with Crippen molar-refractivity contribution < 1.29 is 4.74 Å². The van der Waals surface area contributed by atoms with Gasteiger partial charge in [-0.15, -0.1) is 0 Å². The summed E-state index contributed by atoms with van der Waals surface area (Å²) in [7, 11) is 1.66. The first-order valence-corrected chi connectivity index (χ1v) is 9.61. The third kappa shape index (κ3) is 3.24. The number of halogens is 2. The maximum atomic E-state index is 6.33. The Hall–Kier alpha value is -1.69. The second-order valence-electron chi connectivity index (χ2n) is 5.88. The number of benzene rings is 2. The highest BCUT2D eigenvalue weighted by molar-refractivity contribution is 7.22. The maximum Gasteiger partial charge on any atom is 0.186 e. The van der Waals surface area contributed by atoms with E-state index in [1.165, 1.54) is 5.69 Å². The lowest BCUT2D eigenvalue weighted by Gasteiger charge is -2.36. The summed E-state index contributed by atoms with van der Waals surface area (Å²) >= 11 is 14.1. The first kappa shape index (κ1) is 16.8. The Balaban J connectivity index is 1.55. The van der Waals surface area contributed by atoms with E-state index in [9.17, 15) is 0 Å². The molecule has 0 amide bonds. The molecular weight excluding hydrogens is 377 g/mol. The molecular formula is C18H17Cl2N3OS. The van der Waals surface area contributed by atoms with Crippen LogP contribution >= 0.6 is 34.5 Å². The van der Waals surface area contributed by atoms with E-state index >= 15 is 0 Å². The lowest BCUT2D eigenvalue weighted by molar-refractivity contribution is 0.419. The SMILES string of the molecule is COc1ccc(Cl)c2sc(N3CCN(c4cccc(Cl)c4)CC3)nc12. The van der Waals surface area contributed by atoms with Crippen molar-refractivity contribution in [2.24, 2.45) is 0 Å². The number of hydrogen-bond acceptors (Lipinski definition) is 5. The number of hydrogen-bond donors (Lipinski definition) is 0. The smallest absolute Gasteiger partial charge is 0.186 e. The van der Waals surface area contributed by atoms with Gasteiger partial charge in [-0.1, -0.05) is 40.6 Å². The summed E-state index contributed by atoms with van der Waals surface area (Å²) in [6, 6.07) is 11.7. The average molecular weight is 394 g/mol. The fourth-order valence-electron chi connectivity index (χ4n) is 3.07. The number of nitrogens with zero attached hydrogens (tertiary/aromatic N) is 3. The van der Waals surface area contributed by atoms with Crippen LogP contribution in [0.2, 0.25) is 10.0 Å². The first-order valence-electron chi connectivity index (χ1n) is 8.04. The summed E-state index contributed by atoms with van der Waals surface area (Å²) in [6.45, 7) is 3.68. The van der Waals surface area contributed by atoms with Crippen molar-refractivity contribution in [1.29, 1.82) is 0 Å². The van der Waals surface area contributed by atoms with Gasteiger partial charge in [-0.2, -0.15) is 0 Å². The molecule has 3 aromatic rings. The number of rotatable bonds is 3. The molecule has 1 fully saturated rings. The van der Waals surface area contributed by atoms with Gasteiger partial charge in [0.05, 0.1) is 16.8 Å². The summed E-state index contributed by atoms with van der Waals surface area (Å²) in [5.74, 6) is 0.763. The van der Waals surface area contributed by atoms with Gasteiger partial charge in [-0.3, -0.25) is 0 Å². The van der Waals surface area contributed by atoms with Crippen molar-refractivity contribution in [2.45, 2.75) is 0 Å². The largest absolute Gasteiger partial charge is 0.494 e. The van der Waals surface area contributed by atoms with Crippen LogP contribution in [-0.4, -0.2) is 38.3 Å². The number of aromatic nitrogens is 1. The fraction of sp³-hybridized carbons (Fsp3) is 0.278. The molecule has 1 saturated heterocycles. The molecule has 7 heteroatoms. The Labute approximate surface area is 160 Å². The van der Waals surface area contributed by atoms with Gasteiger partial charge in [-0.25, -0.2) is 4.98 Å². The molecule has 130 valence electrons. The number of fused-ring (bicyclic) bond motifs is 1. The predicted molar refractivity (Wildman–Crippen MR) is 107 cm³/mol. The van der Waals surface area contributed by atoms with Gasteiger partial charge in [0.2, 0.25) is 0 Å². The van der Waals surface area contributed by atoms with Crippen LogP contribution in [0.25, 0.3) is 10.2 Å². The van der Waals surface area contributed by atoms with E-state index in [4.69, 9.17) is 32.9 Å². The number of anilines is 2. The van der Waals surface area contributed by atoms with Crippen LogP contribution in [0, 0.1) is 0 Å². The highest BCUT2D eigenvalue weighted by atomic mass is 35.5. The summed E-state index contributed by atoms with van der Waals surface area (Å²) in [5, 5.41) is 2.48. The zero-order chi connectivity index (χ0) is 17.4. The second-order valence-corrected chi connectivity index (χ2v) is 7.70. The Morgan fingerprint density at radius 3 is 2.52 bits per heavy atom. The zero-order valence-corrected chi connectivity index (χ0v) is 16.0. The van der Waals surface area contributed by atoms with Crippen molar-refractivity contribution in [3.05, 3.63) is 46.4 Å². The minimum absolute atomic E-state index is 0.720. The highest BCUT2D eigenvalue weighted by Gasteiger charge is 2.21. The Morgan fingerprint density at radius 1 is 1.04 bits per heavy atom. The summed E-state index contributed by atoms with van der Waals surface area (Å²) in [6.07, 6.45) is 0. The third-order valence-corrected chi connectivity index (χ3v) is 6.20. The molecule has 0 N–H and O–H groups in total. The number of piperazine rings is 1. The molecule has 1 aliphatic rings. The molecule has 0 spiro atoms. The molecule has 0 bridgehead atoms. The molecule has 4 nitrogen and oxygen atoms in total. The molecule has 2 heterocycles. The van der Waals surface area contributed by atoms with Gasteiger partial charge in [0.25, 0.3) is 0 Å². The number of thiazole rings is 1. The standard InChI is InChI=1S/C18H17Cl2N3OS/c1-24-15-6-5-14(20)17-16(15)21-18(25-17)23-9-7-22(8-10-23)13-4-2-3-12(19)11-13/h2-6,11H,7-10H2,1H3. The Morgan fingerprint density at radius 2 is 1.80 bits per heavy atom. The lowest BCUT2D eigenvalue weighted by atomic mass is 10.2. The molecule has 0 unspecified atom stereocenters. The van der Waals surface area contributed by atoms with Gasteiger partial charge in [0, 0.05) is 36.9 Å². The number of ether oxygens (including phenoxy) is 1. The van der Waals surface area contributed by atoms with E-state index in [-0.39, 0.29) is 0 Å². The molecule has 0 saturated carbocycles. The predicted octanol–water partition coefficient (Wildman–Crippen LogP) is 4.94. The van der Waals surface area contributed by atoms with Crippen LogP contribution < -0.4 is 14.5 Å². The molecule has 4 rings (SSSR count). The van der Waals surface area contributed by atoms with Crippen LogP contribution in [0.5, 0.6) is 5.75 Å². The molecule has 1 aromatic heterocycles. The molecule has 0 aliphatic carbocycles. The Kier molecular flexibility index (Phi) is 4.63. The highest BCUT2D eigenvalue weighted by Crippen LogP contribution is 2.39. The van der Waals surface area contributed by atoms with Gasteiger partial charge in [-0.05, 0) is 30.3 Å². The summed E-state index contributed by atoms with van der Waals surface area (Å²) < 4.78 is 6.40. The fourth-order valence-corrected chi connectivity index (χ4v) is 4.56. The van der Waals surface area contributed by atoms with Crippen molar-refractivity contribution in [3.63, 3.8) is 0 Å². The van der Waals surface area contributed by atoms with Crippen LogP contribution in [0.3, 0.4) is 0 Å². The molecule has 2 aromatic carbocycles. The monoisotopic (exact) mass is 393 g/mol. The zero-order valence-electron chi connectivity index (χ0n) is 13.7. The molecule has 1 aliphatic heterocycles. The van der Waals surface area contributed by atoms with Gasteiger partial charge >= 0.3 is 0 Å². The van der Waals surface area contributed by atoms with Crippen LogP contribution in [0.4, 0.5) is 10.8 Å². The lowest BCUT2D eigenvalue weighted by Crippen LogP contribution is -2.46. The van der Waals surface area contributed by atoms with Crippen LogP contribution in [0.1, 0.15) is 0 Å². The van der Waals surface area contributed by atoms with Crippen molar-refractivity contribution in [2.75, 3.05) is 43.1 Å². The molecule has 25 heavy (non-hydrogen) atoms. The van der Waals surface area contributed by atoms with E-state index in [1.807, 2.05) is 30.3 Å². The maximum absolute atomic E-state index is 6.33. The second kappa shape index (κ2) is 6.90. The van der Waals surface area contributed by atoms with Crippen LogP contribution in [-0.2, 0) is 0 Å². The minimum Gasteiger partial charge on any atom is -0.494 e. The molecule has 0 radical (unpaired) electrons. The summed E-state index contributed by atoms with van der Waals surface area (Å²) in [4.78, 5) is 9.43. The van der Waals surface area contributed by atoms with E-state index < -0.39 is 0 Å². The molecule has 0 atom stereocenters. The topological polar surface area (TPSA) is 28.6 Å². The van der Waals surface area contributed by atoms with Crippen molar-refractivity contribution in [3.8, 4) is 5.75 Å². The first-order chi connectivity index (χ1) is 12.2. The third-order valence-electron chi connectivity index (χ3n) is 4.39. The van der Waals surface area contributed by atoms with Crippen molar-refractivity contribution >= 4 is 55.6 Å². The van der Waals surface area contributed by atoms with Gasteiger partial charge in [0.15, 0.2) is 5.13 Å². The van der Waals surface area contributed by atoms with Crippen LogP contribution in [0.15, 0.2) is 36.4 Å². The normalized spacial score (nSPS) is 15.0. The van der Waals surface area contributed by atoms with E-state index in [0.717, 1.165) is 57.3 Å². The van der Waals surface area contributed by atoms with E-state index in [2.05, 4.69) is 15.9 Å². The van der Waals surface area contributed by atoms with E-state index in [0.29, 0.717) is 0 Å². The number of methoxy groups -OCH3 is 1. The average Bonchev–Trinajstić information content (AvgIpc) is 3.09. The summed E-state index contributed by atoms with van der Waals surface area (Å²) in [5.41, 5.74) is 2.01. The van der Waals surface area contributed by atoms with E-state index in [1.54, 1.807) is 18.4 Å². The van der Waals surface area contributed by atoms with Gasteiger partial charge < -0.3 is 14.5 Å². The quantitative estimate of drug-likeness (QED) is 0.629. The minimum atomic E-state index is 0.720. The van der Waals surface area contributed by atoms with Crippen molar-refractivity contribution in [1.82, 2.24) is 4.98 Å².